The van der Waals surface area contributed by atoms with Crippen molar-refractivity contribution >= 4 is 10.8 Å². The van der Waals surface area contributed by atoms with E-state index in [1.807, 2.05) is 26.0 Å². The van der Waals surface area contributed by atoms with Gasteiger partial charge in [0.25, 0.3) is 0 Å². The van der Waals surface area contributed by atoms with E-state index in [1.54, 1.807) is 0 Å². The lowest BCUT2D eigenvalue weighted by molar-refractivity contribution is 0.158. The Morgan fingerprint density at radius 2 is 1.82 bits per heavy atom. The molecule has 3 nitrogen and oxygen atoms in total. The van der Waals surface area contributed by atoms with E-state index >= 15 is 0 Å². The average molecular weight is 230 g/mol. The Morgan fingerprint density at radius 1 is 1.18 bits per heavy atom. The summed E-state index contributed by atoms with van der Waals surface area (Å²) >= 11 is 0. The van der Waals surface area contributed by atoms with Gasteiger partial charge in [0.05, 0.1) is 17.5 Å². The van der Waals surface area contributed by atoms with Crippen LogP contribution in [0.1, 0.15) is 37.6 Å². The number of nitrogens with zero attached hydrogens (tertiary/aromatic N) is 2. The van der Waals surface area contributed by atoms with Crippen molar-refractivity contribution in [1.29, 1.82) is 0 Å². The van der Waals surface area contributed by atoms with Crippen LogP contribution in [0.15, 0.2) is 24.3 Å². The molecule has 1 N–H and O–H groups in total. The number of benzene rings is 1. The SMILES string of the molecule is CCC(c1nnc(C)c2ccccc12)C(C)O. The summed E-state index contributed by atoms with van der Waals surface area (Å²) in [7, 11) is 0. The number of hydrogen-bond acceptors (Lipinski definition) is 3. The highest BCUT2D eigenvalue weighted by molar-refractivity contribution is 5.86. The number of aliphatic hydroxyl groups excluding tert-OH is 1. The molecule has 0 fully saturated rings. The van der Waals surface area contributed by atoms with Crippen LogP contribution in [0.5, 0.6) is 0 Å². The Labute approximate surface area is 102 Å². The van der Waals surface area contributed by atoms with Gasteiger partial charge in [-0.1, -0.05) is 31.2 Å². The molecule has 1 aromatic heterocycles. The molecule has 0 aliphatic rings. The second-order valence-corrected chi connectivity index (χ2v) is 4.47. The fourth-order valence-electron chi connectivity index (χ4n) is 2.30. The third-order valence-corrected chi connectivity index (χ3v) is 3.27. The van der Waals surface area contributed by atoms with Gasteiger partial charge in [-0.2, -0.15) is 10.2 Å². The monoisotopic (exact) mass is 230 g/mol. The molecule has 0 spiro atoms. The summed E-state index contributed by atoms with van der Waals surface area (Å²) in [5, 5.41) is 20.5. The van der Waals surface area contributed by atoms with Gasteiger partial charge >= 0.3 is 0 Å². The van der Waals surface area contributed by atoms with E-state index in [4.69, 9.17) is 0 Å². The molecule has 17 heavy (non-hydrogen) atoms. The fourth-order valence-corrected chi connectivity index (χ4v) is 2.30. The van der Waals surface area contributed by atoms with E-state index in [1.165, 1.54) is 0 Å². The van der Waals surface area contributed by atoms with Crippen molar-refractivity contribution in [1.82, 2.24) is 10.2 Å². The molecule has 1 heterocycles. The smallest absolute Gasteiger partial charge is 0.0765 e. The van der Waals surface area contributed by atoms with Gasteiger partial charge in [0, 0.05) is 16.7 Å². The summed E-state index contributed by atoms with van der Waals surface area (Å²) in [6, 6.07) is 8.11. The zero-order chi connectivity index (χ0) is 12.4. The molecule has 0 aliphatic heterocycles. The molecule has 0 amide bonds. The lowest BCUT2D eigenvalue weighted by Crippen LogP contribution is -2.16. The molecular weight excluding hydrogens is 212 g/mol. The van der Waals surface area contributed by atoms with Crippen molar-refractivity contribution in [3.8, 4) is 0 Å². The maximum atomic E-state index is 9.83. The van der Waals surface area contributed by atoms with E-state index < -0.39 is 6.10 Å². The minimum atomic E-state index is -0.402. The van der Waals surface area contributed by atoms with Gasteiger partial charge in [0.15, 0.2) is 0 Å². The Kier molecular flexibility index (Phi) is 3.38. The van der Waals surface area contributed by atoms with Gasteiger partial charge in [0.1, 0.15) is 0 Å². The van der Waals surface area contributed by atoms with E-state index in [0.29, 0.717) is 0 Å². The minimum Gasteiger partial charge on any atom is -0.393 e. The van der Waals surface area contributed by atoms with Gasteiger partial charge in [-0.05, 0) is 20.3 Å². The second-order valence-electron chi connectivity index (χ2n) is 4.47. The van der Waals surface area contributed by atoms with Crippen LogP contribution >= 0.6 is 0 Å². The predicted molar refractivity (Wildman–Crippen MR) is 69.0 cm³/mol. The van der Waals surface area contributed by atoms with Crippen molar-refractivity contribution in [2.75, 3.05) is 0 Å². The van der Waals surface area contributed by atoms with Crippen molar-refractivity contribution in [2.45, 2.75) is 39.2 Å². The van der Waals surface area contributed by atoms with Crippen LogP contribution in [0.25, 0.3) is 10.8 Å². The number of hydrogen-bond donors (Lipinski definition) is 1. The Balaban J connectivity index is 2.66. The van der Waals surface area contributed by atoms with Crippen molar-refractivity contribution in [3.05, 3.63) is 35.7 Å². The van der Waals surface area contributed by atoms with E-state index in [0.717, 1.165) is 28.6 Å². The van der Waals surface area contributed by atoms with Gasteiger partial charge in [-0.3, -0.25) is 0 Å². The van der Waals surface area contributed by atoms with Gasteiger partial charge in [-0.15, -0.1) is 0 Å². The zero-order valence-corrected chi connectivity index (χ0v) is 10.5. The molecule has 2 rings (SSSR count). The van der Waals surface area contributed by atoms with Crippen molar-refractivity contribution < 1.29 is 5.11 Å². The molecule has 0 saturated carbocycles. The Hall–Kier alpha value is -1.48. The first-order chi connectivity index (χ1) is 8.15. The van der Waals surface area contributed by atoms with Crippen LogP contribution in [0.3, 0.4) is 0 Å². The first-order valence-electron chi connectivity index (χ1n) is 6.05. The number of aliphatic hydroxyl groups is 1. The number of fused-ring (bicyclic) bond motifs is 1. The molecule has 0 aliphatic carbocycles. The van der Waals surface area contributed by atoms with Crippen LogP contribution in [0.4, 0.5) is 0 Å². The molecule has 0 saturated heterocycles. The standard InChI is InChI=1S/C14H18N2O/c1-4-11(10(3)17)14-13-8-6-5-7-12(13)9(2)15-16-14/h5-8,10-11,17H,4H2,1-3H3. The third-order valence-electron chi connectivity index (χ3n) is 3.27. The van der Waals surface area contributed by atoms with Crippen LogP contribution in [0.2, 0.25) is 0 Å². The van der Waals surface area contributed by atoms with Gasteiger partial charge in [0.2, 0.25) is 0 Å². The van der Waals surface area contributed by atoms with E-state index in [9.17, 15) is 5.11 Å². The highest BCUT2D eigenvalue weighted by Crippen LogP contribution is 2.28. The molecule has 1 aromatic carbocycles. The molecule has 0 bridgehead atoms. The summed E-state index contributed by atoms with van der Waals surface area (Å²) in [5.41, 5.74) is 1.84. The van der Waals surface area contributed by atoms with E-state index in [-0.39, 0.29) is 5.92 Å². The summed E-state index contributed by atoms with van der Waals surface area (Å²) in [6.07, 6.45) is 0.458. The summed E-state index contributed by atoms with van der Waals surface area (Å²) in [6.45, 7) is 5.83. The average Bonchev–Trinajstić information content (AvgIpc) is 2.33. The number of aromatic nitrogens is 2. The number of rotatable bonds is 3. The van der Waals surface area contributed by atoms with Crippen LogP contribution in [-0.4, -0.2) is 21.4 Å². The molecule has 3 heteroatoms. The van der Waals surface area contributed by atoms with Crippen LogP contribution < -0.4 is 0 Å². The highest BCUT2D eigenvalue weighted by Gasteiger charge is 2.20. The van der Waals surface area contributed by atoms with Crippen molar-refractivity contribution in [3.63, 3.8) is 0 Å². The zero-order valence-electron chi connectivity index (χ0n) is 10.5. The normalized spacial score (nSPS) is 14.8. The van der Waals surface area contributed by atoms with Crippen LogP contribution in [-0.2, 0) is 0 Å². The molecular formula is C14H18N2O. The Bertz CT molecular complexity index is 523. The maximum Gasteiger partial charge on any atom is 0.0765 e. The van der Waals surface area contributed by atoms with Gasteiger partial charge in [-0.25, -0.2) is 0 Å². The molecule has 2 aromatic rings. The van der Waals surface area contributed by atoms with Gasteiger partial charge < -0.3 is 5.11 Å². The van der Waals surface area contributed by atoms with Crippen molar-refractivity contribution in [2.24, 2.45) is 0 Å². The molecule has 2 atom stereocenters. The fraction of sp³-hybridized carbons (Fsp3) is 0.429. The second kappa shape index (κ2) is 4.80. The first-order valence-corrected chi connectivity index (χ1v) is 6.05. The summed E-state index contributed by atoms with van der Waals surface area (Å²) < 4.78 is 0. The molecule has 90 valence electrons. The summed E-state index contributed by atoms with van der Waals surface area (Å²) in [5.74, 6) is 0.0491. The Morgan fingerprint density at radius 3 is 2.41 bits per heavy atom. The largest absolute Gasteiger partial charge is 0.393 e. The predicted octanol–water partition coefficient (Wildman–Crippen LogP) is 2.81. The highest BCUT2D eigenvalue weighted by atomic mass is 16.3. The van der Waals surface area contributed by atoms with Crippen LogP contribution in [0, 0.1) is 6.92 Å². The topological polar surface area (TPSA) is 46.0 Å². The third kappa shape index (κ3) is 2.15. The summed E-state index contributed by atoms with van der Waals surface area (Å²) in [4.78, 5) is 0. The van der Waals surface area contributed by atoms with E-state index in [2.05, 4.69) is 29.3 Å². The lowest BCUT2D eigenvalue weighted by Gasteiger charge is -2.19. The first kappa shape index (κ1) is 12.0. The maximum absolute atomic E-state index is 9.83. The molecule has 2 unspecified atom stereocenters. The lowest BCUT2D eigenvalue weighted by atomic mass is 9.92. The number of aryl methyl sites for hydroxylation is 1. The molecule has 0 radical (unpaired) electrons. The minimum absolute atomic E-state index is 0.0491. The quantitative estimate of drug-likeness (QED) is 0.882.